The van der Waals surface area contributed by atoms with Gasteiger partial charge < -0.3 is 14.7 Å². The summed E-state index contributed by atoms with van der Waals surface area (Å²) in [5.41, 5.74) is 7.00. The van der Waals surface area contributed by atoms with Crippen LogP contribution in [-0.2, 0) is 13.1 Å². The number of anilines is 2. The fourth-order valence-electron chi connectivity index (χ4n) is 3.56. The van der Waals surface area contributed by atoms with Crippen LogP contribution >= 0.6 is 0 Å². The van der Waals surface area contributed by atoms with Gasteiger partial charge in [0.05, 0.1) is 12.8 Å². The van der Waals surface area contributed by atoms with E-state index in [-0.39, 0.29) is 23.8 Å². The van der Waals surface area contributed by atoms with Crippen molar-refractivity contribution in [1.29, 1.82) is 0 Å². The summed E-state index contributed by atoms with van der Waals surface area (Å²) in [7, 11) is 0. The van der Waals surface area contributed by atoms with Crippen molar-refractivity contribution in [2.24, 2.45) is 0 Å². The van der Waals surface area contributed by atoms with Gasteiger partial charge in [-0.1, -0.05) is 48.3 Å². The Hall–Kier alpha value is -4.34. The van der Waals surface area contributed by atoms with Crippen molar-refractivity contribution in [2.75, 3.05) is 10.6 Å². The van der Waals surface area contributed by atoms with Gasteiger partial charge in [0.1, 0.15) is 17.3 Å². The first-order valence-corrected chi connectivity index (χ1v) is 10.9. The number of carbonyl (C=O) groups excluding carboxylic acids is 1. The molecule has 3 N–H and O–H groups in total. The summed E-state index contributed by atoms with van der Waals surface area (Å²) in [6.45, 7) is 4.13. The highest BCUT2D eigenvalue weighted by molar-refractivity contribution is 6.05. The summed E-state index contributed by atoms with van der Waals surface area (Å²) >= 11 is 0. The zero-order valence-electron chi connectivity index (χ0n) is 18.9. The molecule has 10 nitrogen and oxygen atoms in total. The molecule has 176 valence electrons. The fraction of sp³-hybridized carbons (Fsp3) is 0.250. The highest BCUT2D eigenvalue weighted by atomic mass is 16.5. The largest absolute Gasteiger partial charge is 0.467 e. The maximum absolute atomic E-state index is 13.5. The van der Waals surface area contributed by atoms with Crippen molar-refractivity contribution in [3.8, 4) is 11.3 Å². The summed E-state index contributed by atoms with van der Waals surface area (Å²) in [6.07, 6.45) is 2.94. The van der Waals surface area contributed by atoms with Gasteiger partial charge in [0.25, 0.3) is 11.5 Å². The lowest BCUT2D eigenvalue weighted by Crippen LogP contribution is -2.40. The molecule has 0 fully saturated rings. The fourth-order valence-corrected chi connectivity index (χ4v) is 3.56. The monoisotopic (exact) mass is 463 g/mol. The summed E-state index contributed by atoms with van der Waals surface area (Å²) in [6, 6.07) is 12.4. The predicted octanol–water partition coefficient (Wildman–Crippen LogP) is 3.32. The van der Waals surface area contributed by atoms with Gasteiger partial charge in [0.15, 0.2) is 5.69 Å². The van der Waals surface area contributed by atoms with Crippen LogP contribution in [0.5, 0.6) is 0 Å². The number of nitrogens with zero attached hydrogens (tertiary/aromatic N) is 3. The summed E-state index contributed by atoms with van der Waals surface area (Å²) in [5, 5.41) is 4.01. The van der Waals surface area contributed by atoms with E-state index in [1.54, 1.807) is 12.1 Å². The van der Waals surface area contributed by atoms with Crippen LogP contribution in [0.25, 0.3) is 11.3 Å². The molecule has 0 bridgehead atoms. The second kappa shape index (κ2) is 9.65. The number of aromatic nitrogens is 3. The molecule has 1 aromatic carbocycles. The van der Waals surface area contributed by atoms with Gasteiger partial charge in [-0.15, -0.1) is 0 Å². The smallest absolute Gasteiger partial charge is 0.330 e. The Kier molecular flexibility index (Phi) is 6.48. The number of benzene rings is 1. The predicted molar refractivity (Wildman–Crippen MR) is 127 cm³/mol. The van der Waals surface area contributed by atoms with E-state index >= 15 is 0 Å². The molecule has 3 heterocycles. The Morgan fingerprint density at radius 3 is 2.65 bits per heavy atom. The SMILES string of the molecule is CCCCn1c(N)c(N(Cc2ccco2)C(=O)c2cc(-c3ccc(C)cc3)no2)c(=O)[nH]c1=O. The standard InChI is InChI=1S/C24H25N5O5/c1-3-4-11-28-21(25)20(22(30)26-24(28)32)29(14-17-6-5-12-33-17)23(31)19-13-18(27-34-19)16-9-7-15(2)8-10-16/h5-10,12-13H,3-4,11,14,25H2,1-2H3,(H,26,30,32). The molecular formula is C24H25N5O5. The number of nitrogens with one attached hydrogen (secondary N) is 1. The van der Waals surface area contributed by atoms with Gasteiger partial charge in [-0.25, -0.2) is 4.79 Å². The molecular weight excluding hydrogens is 438 g/mol. The number of nitrogens with two attached hydrogens (primary N) is 1. The molecule has 0 aliphatic heterocycles. The zero-order valence-corrected chi connectivity index (χ0v) is 18.9. The molecule has 0 atom stereocenters. The van der Waals surface area contributed by atoms with E-state index in [1.165, 1.54) is 16.9 Å². The van der Waals surface area contributed by atoms with E-state index in [0.29, 0.717) is 24.4 Å². The third kappa shape index (κ3) is 4.56. The van der Waals surface area contributed by atoms with Crippen LogP contribution in [0.4, 0.5) is 11.5 Å². The Bertz CT molecular complexity index is 1400. The molecule has 0 saturated carbocycles. The highest BCUT2D eigenvalue weighted by Crippen LogP contribution is 2.25. The number of amides is 1. The van der Waals surface area contributed by atoms with E-state index in [2.05, 4.69) is 10.1 Å². The molecule has 0 spiro atoms. The van der Waals surface area contributed by atoms with Crippen LogP contribution in [0.1, 0.15) is 41.6 Å². The van der Waals surface area contributed by atoms with E-state index in [4.69, 9.17) is 14.7 Å². The molecule has 0 aliphatic carbocycles. The molecule has 0 radical (unpaired) electrons. The van der Waals surface area contributed by atoms with Gasteiger partial charge in [-0.2, -0.15) is 0 Å². The second-order valence-corrected chi connectivity index (χ2v) is 7.91. The Balaban J connectivity index is 1.77. The maximum Gasteiger partial charge on any atom is 0.330 e. The molecule has 0 unspecified atom stereocenters. The third-order valence-corrected chi connectivity index (χ3v) is 5.43. The summed E-state index contributed by atoms with van der Waals surface area (Å²) < 4.78 is 12.0. The minimum absolute atomic E-state index is 0.0905. The number of carbonyl (C=O) groups is 1. The average molecular weight is 463 g/mol. The lowest BCUT2D eigenvalue weighted by atomic mass is 10.1. The molecule has 34 heavy (non-hydrogen) atoms. The van der Waals surface area contributed by atoms with Crippen molar-refractivity contribution in [1.82, 2.24) is 14.7 Å². The third-order valence-electron chi connectivity index (χ3n) is 5.43. The molecule has 0 saturated heterocycles. The number of aromatic amines is 1. The molecule has 4 aromatic rings. The van der Waals surface area contributed by atoms with E-state index < -0.39 is 17.2 Å². The molecule has 1 amide bonds. The Labute approximate surface area is 194 Å². The Morgan fingerprint density at radius 1 is 1.21 bits per heavy atom. The first-order chi connectivity index (χ1) is 16.4. The van der Waals surface area contributed by atoms with Crippen molar-refractivity contribution in [2.45, 2.75) is 39.8 Å². The number of rotatable bonds is 8. The number of unbranched alkanes of at least 4 members (excludes halogenated alkanes) is 1. The minimum Gasteiger partial charge on any atom is -0.467 e. The van der Waals surface area contributed by atoms with Crippen LogP contribution < -0.4 is 21.9 Å². The number of hydrogen-bond donors (Lipinski definition) is 2. The van der Waals surface area contributed by atoms with Crippen molar-refractivity contribution in [3.63, 3.8) is 0 Å². The maximum atomic E-state index is 13.5. The first-order valence-electron chi connectivity index (χ1n) is 10.9. The van der Waals surface area contributed by atoms with E-state index in [9.17, 15) is 14.4 Å². The first kappa shape index (κ1) is 22.8. The lowest BCUT2D eigenvalue weighted by molar-refractivity contribution is 0.0947. The van der Waals surface area contributed by atoms with Gasteiger partial charge in [0, 0.05) is 18.2 Å². The van der Waals surface area contributed by atoms with Gasteiger partial charge in [-0.05, 0) is 25.5 Å². The van der Waals surface area contributed by atoms with Crippen molar-refractivity contribution >= 4 is 17.4 Å². The Morgan fingerprint density at radius 2 is 1.97 bits per heavy atom. The number of H-pyrrole nitrogens is 1. The quantitative estimate of drug-likeness (QED) is 0.408. The van der Waals surface area contributed by atoms with Crippen LogP contribution in [0.2, 0.25) is 0 Å². The minimum atomic E-state index is -0.784. The molecule has 0 aliphatic rings. The van der Waals surface area contributed by atoms with Crippen LogP contribution in [-0.4, -0.2) is 20.6 Å². The second-order valence-electron chi connectivity index (χ2n) is 7.91. The summed E-state index contributed by atoms with van der Waals surface area (Å²) in [5.74, 6) is -0.440. The van der Waals surface area contributed by atoms with Crippen molar-refractivity contribution in [3.05, 3.63) is 86.6 Å². The number of hydrogen-bond acceptors (Lipinski definition) is 7. The lowest BCUT2D eigenvalue weighted by Gasteiger charge is -2.22. The number of aryl methyl sites for hydroxylation is 1. The molecule has 10 heteroatoms. The normalized spacial score (nSPS) is 11.0. The van der Waals surface area contributed by atoms with Crippen LogP contribution in [0, 0.1) is 6.92 Å². The average Bonchev–Trinajstić information content (AvgIpc) is 3.51. The van der Waals surface area contributed by atoms with Gasteiger partial charge >= 0.3 is 5.69 Å². The number of furan rings is 1. The van der Waals surface area contributed by atoms with Gasteiger partial charge in [0.2, 0.25) is 5.76 Å². The van der Waals surface area contributed by atoms with Crippen LogP contribution in [0.15, 0.2) is 67.3 Å². The number of nitrogen functional groups attached to an aromatic ring is 1. The van der Waals surface area contributed by atoms with Crippen molar-refractivity contribution < 1.29 is 13.7 Å². The summed E-state index contributed by atoms with van der Waals surface area (Å²) in [4.78, 5) is 42.1. The molecule has 4 rings (SSSR count). The molecule has 3 aromatic heterocycles. The van der Waals surface area contributed by atoms with E-state index in [0.717, 1.165) is 22.4 Å². The zero-order chi connectivity index (χ0) is 24.2. The topological polar surface area (TPSA) is 140 Å². The highest BCUT2D eigenvalue weighted by Gasteiger charge is 2.29. The van der Waals surface area contributed by atoms with Gasteiger partial charge in [-0.3, -0.25) is 24.0 Å². The van der Waals surface area contributed by atoms with E-state index in [1.807, 2.05) is 38.1 Å². The van der Waals surface area contributed by atoms with Crippen LogP contribution in [0.3, 0.4) is 0 Å².